The molecule has 0 radical (unpaired) electrons. The van der Waals surface area contributed by atoms with E-state index in [1.54, 1.807) is 11.3 Å². The highest BCUT2D eigenvalue weighted by molar-refractivity contribution is 7.16. The molecular formula is C15H16N2S. The second-order valence-electron chi connectivity index (χ2n) is 5.39. The monoisotopic (exact) mass is 256 g/mol. The first kappa shape index (κ1) is 10.7. The highest BCUT2D eigenvalue weighted by Gasteiger charge is 2.33. The van der Waals surface area contributed by atoms with E-state index in [1.165, 1.54) is 35.1 Å². The molecule has 1 aromatic heterocycles. The minimum Gasteiger partial charge on any atom is -0.297 e. The molecule has 0 aliphatic carbocycles. The molecule has 92 valence electrons. The average molecular weight is 256 g/mol. The van der Waals surface area contributed by atoms with Gasteiger partial charge in [0.2, 0.25) is 0 Å². The quantitative estimate of drug-likeness (QED) is 0.775. The third-order valence-corrected chi connectivity index (χ3v) is 5.24. The van der Waals surface area contributed by atoms with Gasteiger partial charge in [-0.05, 0) is 49.6 Å². The third-order valence-electron chi connectivity index (χ3n) is 4.45. The molecule has 3 heterocycles. The molecule has 18 heavy (non-hydrogen) atoms. The Hall–Kier alpha value is -1.19. The van der Waals surface area contributed by atoms with Gasteiger partial charge in [0.1, 0.15) is 0 Å². The van der Waals surface area contributed by atoms with Crippen molar-refractivity contribution in [2.45, 2.75) is 31.3 Å². The van der Waals surface area contributed by atoms with Crippen molar-refractivity contribution >= 4 is 27.1 Å². The van der Waals surface area contributed by atoms with Crippen LogP contribution in [0.1, 0.15) is 24.8 Å². The number of fused-ring (bicyclic) bond motifs is 3. The molecule has 2 unspecified atom stereocenters. The Labute approximate surface area is 111 Å². The van der Waals surface area contributed by atoms with Gasteiger partial charge in [0.25, 0.3) is 0 Å². The summed E-state index contributed by atoms with van der Waals surface area (Å²) in [5, 5.41) is 0. The molecule has 0 saturated carbocycles. The smallest absolute Gasteiger partial charge is 0.0812 e. The van der Waals surface area contributed by atoms with Crippen molar-refractivity contribution in [1.29, 1.82) is 0 Å². The van der Waals surface area contributed by atoms with Crippen LogP contribution in [0.4, 0.5) is 0 Å². The molecule has 2 aliphatic heterocycles. The van der Waals surface area contributed by atoms with Gasteiger partial charge in [-0.1, -0.05) is 12.1 Å². The summed E-state index contributed by atoms with van der Waals surface area (Å²) in [5.74, 6) is 0. The fourth-order valence-electron chi connectivity index (χ4n) is 3.31. The number of nitrogens with zero attached hydrogens (tertiary/aromatic N) is 2. The minimum absolute atomic E-state index is 0.663. The zero-order valence-electron chi connectivity index (χ0n) is 10.5. The molecule has 0 spiro atoms. The molecule has 4 rings (SSSR count). The van der Waals surface area contributed by atoms with Crippen molar-refractivity contribution in [2.24, 2.45) is 0 Å². The van der Waals surface area contributed by atoms with Crippen LogP contribution in [-0.2, 0) is 0 Å². The zero-order chi connectivity index (χ0) is 12.1. The van der Waals surface area contributed by atoms with E-state index in [2.05, 4.69) is 41.2 Å². The number of benzene rings is 1. The van der Waals surface area contributed by atoms with Crippen LogP contribution in [0, 0.1) is 0 Å². The van der Waals surface area contributed by atoms with E-state index >= 15 is 0 Å². The zero-order valence-corrected chi connectivity index (χ0v) is 11.3. The Bertz CT molecular complexity index is 628. The van der Waals surface area contributed by atoms with Crippen LogP contribution in [0.2, 0.25) is 0 Å². The van der Waals surface area contributed by atoms with Crippen LogP contribution in [0.3, 0.4) is 0 Å². The fraction of sp³-hybridized carbons (Fsp3) is 0.400. The van der Waals surface area contributed by atoms with Gasteiger partial charge in [-0.15, -0.1) is 11.3 Å². The minimum atomic E-state index is 0.663. The van der Waals surface area contributed by atoms with Crippen molar-refractivity contribution in [2.75, 3.05) is 7.05 Å². The Morgan fingerprint density at radius 2 is 2.28 bits per heavy atom. The van der Waals surface area contributed by atoms with Crippen LogP contribution in [0.15, 0.2) is 29.8 Å². The molecular weight excluding hydrogens is 240 g/mol. The van der Waals surface area contributed by atoms with Crippen LogP contribution < -0.4 is 0 Å². The maximum Gasteiger partial charge on any atom is 0.0812 e. The molecule has 0 N–H and O–H groups in total. The summed E-state index contributed by atoms with van der Waals surface area (Å²) in [4.78, 5) is 6.89. The molecule has 2 aromatic rings. The molecule has 1 fully saturated rings. The van der Waals surface area contributed by atoms with E-state index in [1.807, 2.05) is 5.51 Å². The van der Waals surface area contributed by atoms with Gasteiger partial charge >= 0.3 is 0 Å². The molecule has 2 nitrogen and oxygen atoms in total. The highest BCUT2D eigenvalue weighted by atomic mass is 32.1. The van der Waals surface area contributed by atoms with Gasteiger partial charge in [0, 0.05) is 12.1 Å². The van der Waals surface area contributed by atoms with Crippen molar-refractivity contribution < 1.29 is 0 Å². The van der Waals surface area contributed by atoms with E-state index in [0.29, 0.717) is 6.04 Å². The Kier molecular flexibility index (Phi) is 2.32. The molecule has 1 saturated heterocycles. The molecule has 1 aromatic carbocycles. The lowest BCUT2D eigenvalue weighted by molar-refractivity contribution is 0.264. The van der Waals surface area contributed by atoms with Gasteiger partial charge < -0.3 is 0 Å². The number of rotatable bonds is 1. The molecule has 2 bridgehead atoms. The maximum absolute atomic E-state index is 4.35. The van der Waals surface area contributed by atoms with Crippen molar-refractivity contribution in [3.63, 3.8) is 0 Å². The number of likely N-dealkylation sites (N-methyl/N-ethyl adjacent to an activating group) is 1. The van der Waals surface area contributed by atoms with Crippen LogP contribution >= 0.6 is 11.3 Å². The molecule has 0 amide bonds. The summed E-state index contributed by atoms with van der Waals surface area (Å²) < 4.78 is 1.31. The first-order valence-electron chi connectivity index (χ1n) is 6.57. The van der Waals surface area contributed by atoms with Gasteiger partial charge in [-0.25, -0.2) is 4.98 Å². The summed E-state index contributed by atoms with van der Waals surface area (Å²) in [5.41, 5.74) is 5.99. The third kappa shape index (κ3) is 1.54. The summed E-state index contributed by atoms with van der Waals surface area (Å²) in [6.45, 7) is 0. The number of aromatic nitrogens is 1. The Balaban J connectivity index is 1.76. The first-order valence-corrected chi connectivity index (χ1v) is 7.45. The van der Waals surface area contributed by atoms with E-state index < -0.39 is 0 Å². The SMILES string of the molecule is CN1C2C=C(c3ccc4ncsc4c3)CC1CC2. The summed E-state index contributed by atoms with van der Waals surface area (Å²) in [7, 11) is 2.27. The van der Waals surface area contributed by atoms with E-state index in [4.69, 9.17) is 0 Å². The van der Waals surface area contributed by atoms with E-state index in [0.717, 1.165) is 11.6 Å². The fourth-order valence-corrected chi connectivity index (χ4v) is 4.03. The van der Waals surface area contributed by atoms with Crippen LogP contribution in [-0.4, -0.2) is 29.0 Å². The standard InChI is InChI=1S/C15H16N2S/c1-17-12-3-4-13(17)7-11(6-12)10-2-5-14-15(8-10)18-9-16-14/h2,5-6,8-9,12-13H,3-4,7H2,1H3. The molecule has 3 heteroatoms. The van der Waals surface area contributed by atoms with Crippen LogP contribution in [0.5, 0.6) is 0 Å². The van der Waals surface area contributed by atoms with E-state index in [9.17, 15) is 0 Å². The first-order chi connectivity index (χ1) is 8.81. The topological polar surface area (TPSA) is 16.1 Å². The number of thiazole rings is 1. The summed E-state index contributed by atoms with van der Waals surface area (Å²) in [6.07, 6.45) is 6.36. The lowest BCUT2D eigenvalue weighted by atomic mass is 9.95. The summed E-state index contributed by atoms with van der Waals surface area (Å²) >= 11 is 1.73. The van der Waals surface area contributed by atoms with Gasteiger partial charge in [-0.2, -0.15) is 0 Å². The van der Waals surface area contributed by atoms with Crippen LogP contribution in [0.25, 0.3) is 15.8 Å². The number of hydrogen-bond acceptors (Lipinski definition) is 3. The molecule has 2 atom stereocenters. The van der Waals surface area contributed by atoms with Gasteiger partial charge in [0.15, 0.2) is 0 Å². The van der Waals surface area contributed by atoms with Crippen molar-refractivity contribution in [3.8, 4) is 0 Å². The van der Waals surface area contributed by atoms with Gasteiger partial charge in [-0.3, -0.25) is 4.90 Å². The molecule has 2 aliphatic rings. The Morgan fingerprint density at radius 3 is 3.17 bits per heavy atom. The second kappa shape index (κ2) is 3.90. The van der Waals surface area contributed by atoms with Crippen molar-refractivity contribution in [1.82, 2.24) is 9.88 Å². The number of hydrogen-bond donors (Lipinski definition) is 0. The highest BCUT2D eigenvalue weighted by Crippen LogP contribution is 2.38. The summed E-state index contributed by atoms with van der Waals surface area (Å²) in [6, 6.07) is 8.12. The predicted octanol–water partition coefficient (Wildman–Crippen LogP) is 3.55. The lowest BCUT2D eigenvalue weighted by Crippen LogP contribution is -2.34. The lowest BCUT2D eigenvalue weighted by Gasteiger charge is -2.30. The predicted molar refractivity (Wildman–Crippen MR) is 76.8 cm³/mol. The normalized spacial score (nSPS) is 27.7. The maximum atomic E-state index is 4.35. The average Bonchev–Trinajstić information content (AvgIpc) is 2.90. The van der Waals surface area contributed by atoms with E-state index in [-0.39, 0.29) is 0 Å². The Morgan fingerprint density at radius 1 is 1.33 bits per heavy atom. The van der Waals surface area contributed by atoms with Crippen molar-refractivity contribution in [3.05, 3.63) is 35.3 Å². The second-order valence-corrected chi connectivity index (χ2v) is 6.28. The van der Waals surface area contributed by atoms with Gasteiger partial charge in [0.05, 0.1) is 15.7 Å². The largest absolute Gasteiger partial charge is 0.297 e.